The molecule has 2 aromatic carbocycles. The Morgan fingerprint density at radius 2 is 1.81 bits per heavy atom. The first-order valence-corrected chi connectivity index (χ1v) is 9.47. The number of nitrogens with one attached hydrogen (secondary N) is 1. The molecular formula is C21H25ClN2O2. The largest absolute Gasteiger partial charge is 0.497 e. The minimum atomic E-state index is -0.0817. The van der Waals surface area contributed by atoms with Crippen molar-refractivity contribution in [2.75, 3.05) is 26.7 Å². The number of rotatable bonds is 6. The first-order valence-electron chi connectivity index (χ1n) is 9.10. The van der Waals surface area contributed by atoms with E-state index in [2.05, 4.69) is 16.3 Å². The average molecular weight is 373 g/mol. The van der Waals surface area contributed by atoms with E-state index in [0.29, 0.717) is 12.1 Å². The van der Waals surface area contributed by atoms with Crippen molar-refractivity contribution in [3.8, 4) is 5.75 Å². The number of benzene rings is 2. The van der Waals surface area contributed by atoms with Crippen molar-refractivity contribution in [1.29, 1.82) is 0 Å². The molecule has 1 aliphatic heterocycles. The molecule has 0 unspecified atom stereocenters. The zero-order chi connectivity index (χ0) is 18.4. The maximum atomic E-state index is 12.5. The van der Waals surface area contributed by atoms with E-state index in [0.717, 1.165) is 29.4 Å². The van der Waals surface area contributed by atoms with Crippen LogP contribution < -0.4 is 10.1 Å². The zero-order valence-corrected chi connectivity index (χ0v) is 15.8. The molecule has 26 heavy (non-hydrogen) atoms. The van der Waals surface area contributed by atoms with Crippen molar-refractivity contribution in [2.24, 2.45) is 0 Å². The van der Waals surface area contributed by atoms with Crippen LogP contribution in [0.1, 0.15) is 41.2 Å². The molecule has 1 aliphatic rings. The maximum absolute atomic E-state index is 12.5. The summed E-state index contributed by atoms with van der Waals surface area (Å²) >= 11 is 6.45. The second-order valence-electron chi connectivity index (χ2n) is 6.57. The second-order valence-corrected chi connectivity index (χ2v) is 6.98. The number of amides is 1. The summed E-state index contributed by atoms with van der Waals surface area (Å²) < 4.78 is 5.14. The van der Waals surface area contributed by atoms with E-state index < -0.39 is 0 Å². The van der Waals surface area contributed by atoms with Gasteiger partial charge >= 0.3 is 0 Å². The molecule has 0 bridgehead atoms. The number of nitrogens with zero attached hydrogens (tertiary/aromatic N) is 1. The monoisotopic (exact) mass is 372 g/mol. The van der Waals surface area contributed by atoms with Crippen LogP contribution in [0.15, 0.2) is 48.5 Å². The van der Waals surface area contributed by atoms with Gasteiger partial charge in [0, 0.05) is 17.1 Å². The third kappa shape index (κ3) is 4.57. The molecule has 0 radical (unpaired) electrons. The molecule has 0 aliphatic carbocycles. The summed E-state index contributed by atoms with van der Waals surface area (Å²) in [6.07, 6.45) is 3.64. The lowest BCUT2D eigenvalue weighted by Crippen LogP contribution is -2.40. The molecule has 0 spiro atoms. The molecule has 1 fully saturated rings. The fourth-order valence-corrected chi connectivity index (χ4v) is 3.71. The topological polar surface area (TPSA) is 41.6 Å². The Hall–Kier alpha value is -2.04. The highest BCUT2D eigenvalue weighted by Gasteiger charge is 2.24. The maximum Gasteiger partial charge on any atom is 0.251 e. The average Bonchev–Trinajstić information content (AvgIpc) is 2.70. The predicted octanol–water partition coefficient (Wildman–Crippen LogP) is 4.31. The molecule has 1 heterocycles. The Morgan fingerprint density at radius 3 is 2.46 bits per heavy atom. The van der Waals surface area contributed by atoms with Crippen molar-refractivity contribution in [3.05, 3.63) is 64.7 Å². The first-order chi connectivity index (χ1) is 12.7. The van der Waals surface area contributed by atoms with Gasteiger partial charge in [-0.3, -0.25) is 9.69 Å². The minimum absolute atomic E-state index is 0.0817. The van der Waals surface area contributed by atoms with E-state index in [-0.39, 0.29) is 11.9 Å². The highest BCUT2D eigenvalue weighted by atomic mass is 35.5. The lowest BCUT2D eigenvalue weighted by Gasteiger charge is -2.35. The van der Waals surface area contributed by atoms with Crippen LogP contribution in [0.3, 0.4) is 0 Å². The molecule has 0 aromatic heterocycles. The number of halogens is 1. The van der Waals surface area contributed by atoms with Gasteiger partial charge in [-0.25, -0.2) is 0 Å². The molecule has 5 heteroatoms. The highest BCUT2D eigenvalue weighted by Crippen LogP contribution is 2.29. The molecule has 4 nitrogen and oxygen atoms in total. The molecule has 138 valence electrons. The summed E-state index contributed by atoms with van der Waals surface area (Å²) in [5.74, 6) is 0.658. The van der Waals surface area contributed by atoms with E-state index in [1.165, 1.54) is 19.3 Å². The quantitative estimate of drug-likeness (QED) is 0.821. The minimum Gasteiger partial charge on any atom is -0.497 e. The first kappa shape index (κ1) is 18.7. The summed E-state index contributed by atoms with van der Waals surface area (Å²) in [6.45, 7) is 2.61. The Morgan fingerprint density at radius 1 is 1.12 bits per heavy atom. The predicted molar refractivity (Wildman–Crippen MR) is 105 cm³/mol. The van der Waals surface area contributed by atoms with Gasteiger partial charge in [-0.15, -0.1) is 0 Å². The van der Waals surface area contributed by atoms with Gasteiger partial charge in [0.05, 0.1) is 13.2 Å². The number of carbonyl (C=O) groups is 1. The lowest BCUT2D eigenvalue weighted by atomic mass is 10.0. The van der Waals surface area contributed by atoms with Crippen LogP contribution in [0.25, 0.3) is 0 Å². The molecule has 3 rings (SSSR count). The van der Waals surface area contributed by atoms with E-state index in [1.54, 1.807) is 31.4 Å². The van der Waals surface area contributed by atoms with Gasteiger partial charge in [0.25, 0.3) is 5.91 Å². The fourth-order valence-electron chi connectivity index (χ4n) is 3.44. The third-order valence-corrected chi connectivity index (χ3v) is 5.25. The van der Waals surface area contributed by atoms with Gasteiger partial charge in [-0.1, -0.05) is 36.2 Å². The number of piperidine rings is 1. The number of carbonyl (C=O) groups excluding carboxylic acids is 1. The Balaban J connectivity index is 1.72. The van der Waals surface area contributed by atoms with E-state index in [4.69, 9.17) is 16.3 Å². The number of ether oxygens (including phenoxy) is 1. The van der Waals surface area contributed by atoms with Gasteiger partial charge in [0.15, 0.2) is 0 Å². The van der Waals surface area contributed by atoms with Crippen LogP contribution in [-0.2, 0) is 0 Å². The standard InChI is InChI=1S/C21H25ClN2O2/c1-26-17-11-9-16(10-12-17)21(25)23-15-20(24-13-5-2-6-14-24)18-7-3-4-8-19(18)22/h3-4,7-12,20H,2,5-6,13-15H2,1H3,(H,23,25)/t20-/m1/s1. The zero-order valence-electron chi connectivity index (χ0n) is 15.1. The van der Waals surface area contributed by atoms with Crippen LogP contribution in [0, 0.1) is 0 Å². The second kappa shape index (κ2) is 9.06. The normalized spacial score (nSPS) is 16.1. The van der Waals surface area contributed by atoms with Crippen molar-refractivity contribution in [2.45, 2.75) is 25.3 Å². The van der Waals surface area contributed by atoms with Gasteiger partial charge in [0.2, 0.25) is 0 Å². The van der Waals surface area contributed by atoms with Crippen molar-refractivity contribution >= 4 is 17.5 Å². The summed E-state index contributed by atoms with van der Waals surface area (Å²) in [5.41, 5.74) is 1.70. The van der Waals surface area contributed by atoms with Crippen molar-refractivity contribution in [3.63, 3.8) is 0 Å². The van der Waals surface area contributed by atoms with Gasteiger partial charge < -0.3 is 10.1 Å². The van der Waals surface area contributed by atoms with Crippen molar-refractivity contribution in [1.82, 2.24) is 10.2 Å². The number of hydrogen-bond acceptors (Lipinski definition) is 3. The Kier molecular flexibility index (Phi) is 6.53. The van der Waals surface area contributed by atoms with E-state index >= 15 is 0 Å². The smallest absolute Gasteiger partial charge is 0.251 e. The van der Waals surface area contributed by atoms with Gasteiger partial charge in [-0.2, -0.15) is 0 Å². The van der Waals surface area contributed by atoms with Gasteiger partial charge in [0.1, 0.15) is 5.75 Å². The fraction of sp³-hybridized carbons (Fsp3) is 0.381. The molecule has 2 aromatic rings. The molecule has 1 saturated heterocycles. The summed E-state index contributed by atoms with van der Waals surface area (Å²) in [6, 6.07) is 15.2. The Bertz CT molecular complexity index is 727. The molecule has 0 saturated carbocycles. The molecule has 1 N–H and O–H groups in total. The number of hydrogen-bond donors (Lipinski definition) is 1. The SMILES string of the molecule is COc1ccc(C(=O)NC[C@H](c2ccccc2Cl)N2CCCCC2)cc1. The third-order valence-electron chi connectivity index (χ3n) is 4.90. The van der Waals surface area contributed by atoms with Crippen LogP contribution in [0.2, 0.25) is 5.02 Å². The lowest BCUT2D eigenvalue weighted by molar-refractivity contribution is 0.0924. The number of methoxy groups -OCH3 is 1. The summed E-state index contributed by atoms with van der Waals surface area (Å²) in [5, 5.41) is 3.83. The highest BCUT2D eigenvalue weighted by molar-refractivity contribution is 6.31. The van der Waals surface area contributed by atoms with Gasteiger partial charge in [-0.05, 0) is 61.8 Å². The summed E-state index contributed by atoms with van der Waals surface area (Å²) in [4.78, 5) is 15.0. The molecular weight excluding hydrogens is 348 g/mol. The van der Waals surface area contributed by atoms with E-state index in [9.17, 15) is 4.79 Å². The summed E-state index contributed by atoms with van der Waals surface area (Å²) in [7, 11) is 1.61. The molecule has 1 atom stereocenters. The van der Waals surface area contributed by atoms with Crippen LogP contribution >= 0.6 is 11.6 Å². The van der Waals surface area contributed by atoms with Crippen LogP contribution in [-0.4, -0.2) is 37.6 Å². The van der Waals surface area contributed by atoms with Crippen LogP contribution in [0.4, 0.5) is 0 Å². The van der Waals surface area contributed by atoms with E-state index in [1.807, 2.05) is 18.2 Å². The Labute approximate surface area is 160 Å². The molecule has 1 amide bonds. The number of likely N-dealkylation sites (tertiary alicyclic amines) is 1. The van der Waals surface area contributed by atoms with Crippen molar-refractivity contribution < 1.29 is 9.53 Å². The van der Waals surface area contributed by atoms with Crippen LogP contribution in [0.5, 0.6) is 5.75 Å².